The molecule has 3 aromatic carbocycles. The summed E-state index contributed by atoms with van der Waals surface area (Å²) in [6.45, 7) is 3.76. The summed E-state index contributed by atoms with van der Waals surface area (Å²) >= 11 is 1.44. The highest BCUT2D eigenvalue weighted by atomic mass is 32.2. The zero-order valence-electron chi connectivity index (χ0n) is 24.5. The van der Waals surface area contributed by atoms with Crippen molar-refractivity contribution < 1.29 is 33.7 Å². The molecule has 4 unspecified atom stereocenters. The van der Waals surface area contributed by atoms with Crippen LogP contribution in [0.15, 0.2) is 66.7 Å². The van der Waals surface area contributed by atoms with Crippen molar-refractivity contribution in [3.8, 4) is 22.6 Å². The van der Waals surface area contributed by atoms with E-state index >= 15 is 0 Å². The summed E-state index contributed by atoms with van der Waals surface area (Å²) in [5.74, 6) is -1.26. The van der Waals surface area contributed by atoms with Crippen molar-refractivity contribution in [1.29, 1.82) is 0 Å². The number of fused-ring (bicyclic) bond motifs is 3. The van der Waals surface area contributed by atoms with E-state index in [4.69, 9.17) is 14.2 Å². The molecule has 10 heteroatoms. The van der Waals surface area contributed by atoms with E-state index in [9.17, 15) is 19.5 Å². The Morgan fingerprint density at radius 2 is 1.58 bits per heavy atom. The lowest BCUT2D eigenvalue weighted by Crippen LogP contribution is -2.54. The Kier molecular flexibility index (Phi) is 9.15. The van der Waals surface area contributed by atoms with Crippen molar-refractivity contribution in [2.45, 2.75) is 37.1 Å². The molecule has 43 heavy (non-hydrogen) atoms. The van der Waals surface area contributed by atoms with Crippen molar-refractivity contribution in [2.24, 2.45) is 11.8 Å². The molecule has 0 spiro atoms. The fraction of sp³-hybridized carbons (Fsp3) is 0.364. The largest absolute Gasteiger partial charge is 0.497 e. The average molecular weight is 605 g/mol. The molecule has 1 heterocycles. The molecular formula is C33H36N2O7S. The van der Waals surface area contributed by atoms with E-state index < -0.39 is 41.2 Å². The minimum atomic E-state index is -1.02. The zero-order chi connectivity index (χ0) is 30.7. The Balaban J connectivity index is 1.25. The Morgan fingerprint density at radius 1 is 0.930 bits per heavy atom. The molecule has 1 aliphatic carbocycles. The maximum absolute atomic E-state index is 13.5. The van der Waals surface area contributed by atoms with Crippen LogP contribution in [0.25, 0.3) is 11.1 Å². The molecule has 3 aromatic rings. The Labute approximate surface area is 255 Å². The van der Waals surface area contributed by atoms with Gasteiger partial charge in [-0.2, -0.15) is 11.8 Å². The standard InChI is InChI=1S/C33H36N2O7S/c1-18(2)29(35-33(39)42-16-25-22-11-7-5-9-20(22)21-10-6-8-12-23(21)25)31(36)34-26-17-43-30(28(26)32(37)38)24-14-13-19(40-3)15-27(24)41-4/h5-15,18,25-26,28-30H,16-17H2,1-4H3,(H,34,36)(H,35,39)(H,37,38). The van der Waals surface area contributed by atoms with Crippen molar-refractivity contribution >= 4 is 29.7 Å². The number of amides is 2. The molecule has 9 nitrogen and oxygen atoms in total. The molecule has 0 bridgehead atoms. The maximum atomic E-state index is 13.5. The third kappa shape index (κ3) is 6.15. The molecule has 3 N–H and O–H groups in total. The summed E-state index contributed by atoms with van der Waals surface area (Å²) in [5.41, 5.74) is 5.15. The summed E-state index contributed by atoms with van der Waals surface area (Å²) in [4.78, 5) is 38.9. The third-order valence-corrected chi connectivity index (χ3v) is 9.60. The van der Waals surface area contributed by atoms with Crippen LogP contribution in [0.5, 0.6) is 11.5 Å². The first-order valence-corrected chi connectivity index (χ1v) is 15.3. The molecule has 4 atom stereocenters. The smallest absolute Gasteiger partial charge is 0.407 e. The number of methoxy groups -OCH3 is 2. The Hall–Kier alpha value is -4.18. The average Bonchev–Trinajstić information content (AvgIpc) is 3.57. The summed E-state index contributed by atoms with van der Waals surface area (Å²) in [5, 5.41) is 15.4. The number of hydrogen-bond donors (Lipinski definition) is 3. The molecular weight excluding hydrogens is 568 g/mol. The number of carboxylic acid groups (broad SMARTS) is 1. The van der Waals surface area contributed by atoms with E-state index in [0.717, 1.165) is 27.8 Å². The van der Waals surface area contributed by atoms with Gasteiger partial charge in [0.25, 0.3) is 0 Å². The van der Waals surface area contributed by atoms with Crippen molar-refractivity contribution in [3.63, 3.8) is 0 Å². The van der Waals surface area contributed by atoms with Gasteiger partial charge in [0.15, 0.2) is 0 Å². The second-order valence-corrected chi connectivity index (χ2v) is 12.2. The van der Waals surface area contributed by atoms with E-state index in [1.807, 2.05) is 50.2 Å². The van der Waals surface area contributed by atoms with E-state index in [1.54, 1.807) is 25.3 Å². The van der Waals surface area contributed by atoms with Gasteiger partial charge in [-0.1, -0.05) is 68.4 Å². The fourth-order valence-corrected chi connectivity index (χ4v) is 7.56. The molecule has 1 aliphatic heterocycles. The molecule has 1 fully saturated rings. The summed E-state index contributed by atoms with van der Waals surface area (Å²) in [7, 11) is 3.07. The number of nitrogens with one attached hydrogen (secondary N) is 2. The lowest BCUT2D eigenvalue weighted by molar-refractivity contribution is -0.142. The van der Waals surface area contributed by atoms with Gasteiger partial charge in [0.05, 0.1) is 26.2 Å². The number of carbonyl (C=O) groups excluding carboxylic acids is 2. The van der Waals surface area contributed by atoms with Crippen LogP contribution in [-0.4, -0.2) is 61.7 Å². The SMILES string of the molecule is COc1ccc(C2SCC(NC(=O)C(NC(=O)OCC3c4ccccc4-c4ccccc43)C(C)C)C2C(=O)O)c(OC)c1. The van der Waals surface area contributed by atoms with Gasteiger partial charge in [-0.15, -0.1) is 0 Å². The highest BCUT2D eigenvalue weighted by Crippen LogP contribution is 2.48. The first-order chi connectivity index (χ1) is 20.7. The number of thioether (sulfide) groups is 1. The normalized spacial score (nSPS) is 19.7. The predicted molar refractivity (Wildman–Crippen MR) is 165 cm³/mol. The molecule has 2 amide bonds. The monoisotopic (exact) mass is 604 g/mol. The van der Waals surface area contributed by atoms with Gasteiger partial charge in [0.1, 0.15) is 24.1 Å². The zero-order valence-corrected chi connectivity index (χ0v) is 25.4. The quantitative estimate of drug-likeness (QED) is 0.287. The lowest BCUT2D eigenvalue weighted by atomic mass is 9.91. The molecule has 1 saturated heterocycles. The molecule has 226 valence electrons. The van der Waals surface area contributed by atoms with E-state index in [0.29, 0.717) is 17.3 Å². The minimum absolute atomic E-state index is 0.108. The van der Waals surface area contributed by atoms with Gasteiger partial charge in [0, 0.05) is 28.6 Å². The van der Waals surface area contributed by atoms with Gasteiger partial charge in [0.2, 0.25) is 5.91 Å². The molecule has 0 aromatic heterocycles. The number of rotatable bonds is 10. The van der Waals surface area contributed by atoms with Crippen molar-refractivity contribution in [3.05, 3.63) is 83.4 Å². The first-order valence-electron chi connectivity index (χ1n) is 14.2. The highest BCUT2D eigenvalue weighted by Gasteiger charge is 2.45. The number of hydrogen-bond acceptors (Lipinski definition) is 7. The van der Waals surface area contributed by atoms with Crippen LogP contribution in [0.3, 0.4) is 0 Å². The number of carbonyl (C=O) groups is 3. The first kappa shape index (κ1) is 30.3. The summed E-state index contributed by atoms with van der Waals surface area (Å²) < 4.78 is 16.5. The van der Waals surface area contributed by atoms with Crippen LogP contribution in [0.2, 0.25) is 0 Å². The summed E-state index contributed by atoms with van der Waals surface area (Å²) in [6.07, 6.45) is -0.702. The summed E-state index contributed by atoms with van der Waals surface area (Å²) in [6, 6.07) is 19.8. The predicted octanol–water partition coefficient (Wildman–Crippen LogP) is 5.24. The van der Waals surface area contributed by atoms with Crippen molar-refractivity contribution in [2.75, 3.05) is 26.6 Å². The number of benzene rings is 3. The second-order valence-electron chi connectivity index (χ2n) is 11.0. The number of ether oxygens (including phenoxy) is 3. The van der Waals surface area contributed by atoms with E-state index in [1.165, 1.54) is 18.9 Å². The molecule has 0 radical (unpaired) electrons. The van der Waals surface area contributed by atoms with Crippen molar-refractivity contribution in [1.82, 2.24) is 10.6 Å². The fourth-order valence-electron chi connectivity index (χ4n) is 5.97. The number of alkyl carbamates (subject to hydrolysis) is 1. The Bertz CT molecular complexity index is 1460. The van der Waals surface area contributed by atoms with Crippen LogP contribution in [0, 0.1) is 11.8 Å². The van der Waals surface area contributed by atoms with E-state index in [-0.39, 0.29) is 18.4 Å². The van der Waals surface area contributed by atoms with Gasteiger partial charge in [-0.3, -0.25) is 9.59 Å². The van der Waals surface area contributed by atoms with Crippen LogP contribution >= 0.6 is 11.8 Å². The van der Waals surface area contributed by atoms with Crippen LogP contribution in [-0.2, 0) is 14.3 Å². The third-order valence-electron chi connectivity index (χ3n) is 8.14. The van der Waals surface area contributed by atoms with Gasteiger partial charge in [-0.25, -0.2) is 4.79 Å². The topological polar surface area (TPSA) is 123 Å². The van der Waals surface area contributed by atoms with Gasteiger partial charge in [-0.05, 0) is 34.2 Å². The highest BCUT2D eigenvalue weighted by molar-refractivity contribution is 7.99. The minimum Gasteiger partial charge on any atom is -0.497 e. The number of aliphatic carboxylic acids is 1. The van der Waals surface area contributed by atoms with Crippen LogP contribution < -0.4 is 20.1 Å². The molecule has 2 aliphatic rings. The lowest BCUT2D eigenvalue weighted by Gasteiger charge is -2.26. The van der Waals surface area contributed by atoms with E-state index in [2.05, 4.69) is 22.8 Å². The van der Waals surface area contributed by atoms with Crippen LogP contribution in [0.4, 0.5) is 4.79 Å². The second kappa shape index (κ2) is 13.0. The molecule has 5 rings (SSSR count). The molecule has 0 saturated carbocycles. The Morgan fingerprint density at radius 3 is 2.16 bits per heavy atom. The maximum Gasteiger partial charge on any atom is 0.407 e. The van der Waals surface area contributed by atoms with Gasteiger partial charge < -0.3 is 30.0 Å². The van der Waals surface area contributed by atoms with Crippen LogP contribution in [0.1, 0.15) is 41.7 Å². The van der Waals surface area contributed by atoms with Gasteiger partial charge >= 0.3 is 12.1 Å². The number of carboxylic acids is 1.